The lowest BCUT2D eigenvalue weighted by atomic mass is 10.4. The van der Waals surface area contributed by atoms with Crippen LogP contribution in [0.1, 0.15) is 16.7 Å². The Labute approximate surface area is 127 Å². The quantitative estimate of drug-likeness (QED) is 0.796. The Kier molecular flexibility index (Phi) is 5.14. The van der Waals surface area contributed by atoms with Gasteiger partial charge in [0, 0.05) is 24.2 Å². The predicted octanol–water partition coefficient (Wildman–Crippen LogP) is 0.787. The maximum Gasteiger partial charge on any atom is 0.259 e. The van der Waals surface area contributed by atoms with Crippen molar-refractivity contribution in [3.63, 3.8) is 0 Å². The van der Waals surface area contributed by atoms with Gasteiger partial charge in [-0.05, 0) is 19.1 Å². The Balaban J connectivity index is 2.03. The summed E-state index contributed by atoms with van der Waals surface area (Å²) in [5.74, 6) is 5.33. The van der Waals surface area contributed by atoms with Crippen molar-refractivity contribution < 1.29 is 13.5 Å². The van der Waals surface area contributed by atoms with E-state index in [2.05, 4.69) is 21.5 Å². The lowest BCUT2D eigenvalue weighted by Gasteiger charge is -2.02. The van der Waals surface area contributed by atoms with E-state index in [0.29, 0.717) is 6.54 Å². The second kappa shape index (κ2) is 6.87. The Morgan fingerprint density at radius 1 is 1.48 bits per heavy atom. The lowest BCUT2D eigenvalue weighted by Crippen LogP contribution is -2.23. The molecule has 0 aliphatic heterocycles. The molecule has 2 aromatic rings. The highest BCUT2D eigenvalue weighted by Gasteiger charge is 2.17. The Morgan fingerprint density at radius 3 is 2.95 bits per heavy atom. The molecule has 0 aliphatic carbocycles. The third-order valence-corrected chi connectivity index (χ3v) is 4.93. The molecule has 0 aromatic carbocycles. The number of nitrogens with zero attached hydrogens (tertiary/aromatic N) is 2. The van der Waals surface area contributed by atoms with E-state index in [-0.39, 0.29) is 18.2 Å². The second-order valence-corrected chi connectivity index (χ2v) is 6.97. The number of rotatable bonds is 5. The zero-order chi connectivity index (χ0) is 15.3. The van der Waals surface area contributed by atoms with Gasteiger partial charge in [0.25, 0.3) is 10.0 Å². The molecule has 2 heterocycles. The van der Waals surface area contributed by atoms with Crippen LogP contribution in [0.15, 0.2) is 29.7 Å². The molecule has 0 amide bonds. The standard InChI is InChI=1S/C13H15N3O3S2/c1-2-16-9-13(14-10-16)21(18,19)15-8-12-6-5-11(20-12)4-3-7-17/h5-6,9-10,15,17H,2,7-8H2,1H3. The Bertz CT molecular complexity index is 766. The van der Waals surface area contributed by atoms with E-state index in [4.69, 9.17) is 5.11 Å². The molecule has 2 aromatic heterocycles. The summed E-state index contributed by atoms with van der Waals surface area (Å²) < 4.78 is 28.3. The van der Waals surface area contributed by atoms with Crippen LogP contribution in [-0.4, -0.2) is 29.7 Å². The molecule has 0 radical (unpaired) electrons. The number of hydrogen-bond acceptors (Lipinski definition) is 5. The number of aromatic nitrogens is 2. The van der Waals surface area contributed by atoms with Crippen molar-refractivity contribution in [3.8, 4) is 11.8 Å². The summed E-state index contributed by atoms with van der Waals surface area (Å²) in [5.41, 5.74) is 0. The van der Waals surface area contributed by atoms with Gasteiger partial charge in [0.2, 0.25) is 0 Å². The molecule has 0 fully saturated rings. The fourth-order valence-corrected chi connectivity index (χ4v) is 3.43. The predicted molar refractivity (Wildman–Crippen MR) is 80.2 cm³/mol. The summed E-state index contributed by atoms with van der Waals surface area (Å²) in [6.45, 7) is 2.57. The van der Waals surface area contributed by atoms with Gasteiger partial charge in [0.05, 0.1) is 11.2 Å². The highest BCUT2D eigenvalue weighted by atomic mass is 32.2. The van der Waals surface area contributed by atoms with E-state index in [1.807, 2.05) is 6.92 Å². The summed E-state index contributed by atoms with van der Waals surface area (Å²) in [5, 5.41) is 8.64. The van der Waals surface area contributed by atoms with E-state index in [1.165, 1.54) is 23.9 Å². The largest absolute Gasteiger partial charge is 0.384 e. The summed E-state index contributed by atoms with van der Waals surface area (Å²) >= 11 is 1.38. The number of hydrogen-bond donors (Lipinski definition) is 2. The second-order valence-electron chi connectivity index (χ2n) is 4.09. The van der Waals surface area contributed by atoms with Gasteiger partial charge in [-0.1, -0.05) is 11.8 Å². The monoisotopic (exact) mass is 325 g/mol. The molecule has 8 heteroatoms. The van der Waals surface area contributed by atoms with Gasteiger partial charge >= 0.3 is 0 Å². The molecule has 0 saturated carbocycles. The van der Waals surface area contributed by atoms with Crippen molar-refractivity contribution in [2.45, 2.75) is 25.0 Å². The average molecular weight is 325 g/mol. The number of aryl methyl sites for hydroxylation is 1. The van der Waals surface area contributed by atoms with Crippen molar-refractivity contribution in [3.05, 3.63) is 34.4 Å². The van der Waals surface area contributed by atoms with Crippen molar-refractivity contribution in [2.24, 2.45) is 0 Å². The molecule has 21 heavy (non-hydrogen) atoms. The van der Waals surface area contributed by atoms with Crippen LogP contribution in [0.2, 0.25) is 0 Å². The molecule has 2 N–H and O–H groups in total. The minimum absolute atomic E-state index is 0.0150. The fraction of sp³-hybridized carbons (Fsp3) is 0.308. The third-order valence-electron chi connectivity index (χ3n) is 2.64. The highest BCUT2D eigenvalue weighted by Crippen LogP contribution is 2.16. The molecule has 0 saturated heterocycles. The van der Waals surface area contributed by atoms with Gasteiger partial charge in [-0.2, -0.15) is 0 Å². The molecule has 112 valence electrons. The Hall–Kier alpha value is -1.66. The van der Waals surface area contributed by atoms with E-state index in [9.17, 15) is 8.42 Å². The first-order valence-corrected chi connectivity index (χ1v) is 8.55. The van der Waals surface area contributed by atoms with Gasteiger partial charge in [-0.3, -0.25) is 0 Å². The number of sulfonamides is 1. The van der Waals surface area contributed by atoms with Crippen molar-refractivity contribution in [1.29, 1.82) is 0 Å². The van der Waals surface area contributed by atoms with Crippen molar-refractivity contribution in [2.75, 3.05) is 6.61 Å². The van der Waals surface area contributed by atoms with Gasteiger partial charge in [0.1, 0.15) is 6.61 Å². The molecular formula is C13H15N3O3S2. The van der Waals surface area contributed by atoms with Crippen LogP contribution in [-0.2, 0) is 23.1 Å². The number of imidazole rings is 1. The van der Waals surface area contributed by atoms with Gasteiger partial charge < -0.3 is 9.67 Å². The molecule has 2 rings (SSSR count). The zero-order valence-corrected chi connectivity index (χ0v) is 13.0. The third kappa shape index (κ3) is 4.15. The van der Waals surface area contributed by atoms with E-state index < -0.39 is 10.0 Å². The molecule has 0 aliphatic rings. The maximum atomic E-state index is 12.1. The number of aliphatic hydroxyl groups is 1. The normalized spacial score (nSPS) is 11.1. The van der Waals surface area contributed by atoms with Gasteiger partial charge in [-0.15, -0.1) is 11.3 Å². The van der Waals surface area contributed by atoms with Crippen LogP contribution < -0.4 is 4.72 Å². The number of nitrogens with one attached hydrogen (secondary N) is 1. The van der Waals surface area contributed by atoms with Crippen LogP contribution in [0.25, 0.3) is 0 Å². The van der Waals surface area contributed by atoms with E-state index >= 15 is 0 Å². The first kappa shape index (κ1) is 15.7. The van der Waals surface area contributed by atoms with E-state index in [0.717, 1.165) is 9.75 Å². The molecular weight excluding hydrogens is 310 g/mol. The summed E-state index contributed by atoms with van der Waals surface area (Å²) in [6, 6.07) is 3.60. The summed E-state index contributed by atoms with van der Waals surface area (Å²) in [6.07, 6.45) is 2.98. The molecule has 6 nitrogen and oxygen atoms in total. The van der Waals surface area contributed by atoms with Crippen molar-refractivity contribution in [1.82, 2.24) is 14.3 Å². The van der Waals surface area contributed by atoms with Crippen LogP contribution in [0.4, 0.5) is 0 Å². The van der Waals surface area contributed by atoms with Crippen molar-refractivity contribution >= 4 is 21.4 Å². The highest BCUT2D eigenvalue weighted by molar-refractivity contribution is 7.89. The number of thiophene rings is 1. The minimum Gasteiger partial charge on any atom is -0.384 e. The molecule has 0 unspecified atom stereocenters. The first-order chi connectivity index (χ1) is 10.0. The smallest absolute Gasteiger partial charge is 0.259 e. The molecule has 0 atom stereocenters. The minimum atomic E-state index is -3.61. The topological polar surface area (TPSA) is 84.2 Å². The van der Waals surface area contributed by atoms with Crippen LogP contribution in [0, 0.1) is 11.8 Å². The maximum absolute atomic E-state index is 12.1. The SMILES string of the molecule is CCn1cnc(S(=O)(=O)NCc2ccc(C#CCO)s2)c1. The van der Waals surface area contributed by atoms with Gasteiger partial charge in [-0.25, -0.2) is 18.1 Å². The molecule has 0 bridgehead atoms. The average Bonchev–Trinajstić information content (AvgIpc) is 3.12. The number of aliphatic hydroxyl groups excluding tert-OH is 1. The first-order valence-electron chi connectivity index (χ1n) is 6.25. The van der Waals surface area contributed by atoms with E-state index in [1.54, 1.807) is 16.7 Å². The van der Waals surface area contributed by atoms with Crippen LogP contribution in [0.3, 0.4) is 0 Å². The summed E-state index contributed by atoms with van der Waals surface area (Å²) in [4.78, 5) is 5.51. The summed E-state index contributed by atoms with van der Waals surface area (Å²) in [7, 11) is -3.61. The van der Waals surface area contributed by atoms with Crippen LogP contribution in [0.5, 0.6) is 0 Å². The Morgan fingerprint density at radius 2 is 2.29 bits per heavy atom. The molecule has 0 spiro atoms. The zero-order valence-electron chi connectivity index (χ0n) is 11.4. The van der Waals surface area contributed by atoms with Gasteiger partial charge in [0.15, 0.2) is 5.03 Å². The lowest BCUT2D eigenvalue weighted by molar-refractivity contribution is 0.350. The van der Waals surface area contributed by atoms with Crippen LogP contribution >= 0.6 is 11.3 Å². The fourth-order valence-electron chi connectivity index (χ4n) is 1.56.